The summed E-state index contributed by atoms with van der Waals surface area (Å²) in [5.74, 6) is -1.27. The molecule has 1 aliphatic carbocycles. The Balaban J connectivity index is 1.77. The number of carbonyl (C=O) groups excluding carboxylic acids is 1. The second-order valence-electron chi connectivity index (χ2n) is 5.31. The van der Waals surface area contributed by atoms with Gasteiger partial charge in [-0.15, -0.1) is 11.3 Å². The van der Waals surface area contributed by atoms with Crippen LogP contribution in [0.3, 0.4) is 0 Å². The molecule has 1 atom stereocenters. The summed E-state index contributed by atoms with van der Waals surface area (Å²) >= 11 is 1.28. The summed E-state index contributed by atoms with van der Waals surface area (Å²) in [5.41, 5.74) is 0. The number of hydrogen-bond donors (Lipinski definition) is 2. The zero-order valence-electron chi connectivity index (χ0n) is 11.1. The number of rotatable bonds is 5. The van der Waals surface area contributed by atoms with Crippen LogP contribution in [-0.2, 0) is 4.79 Å². The summed E-state index contributed by atoms with van der Waals surface area (Å²) in [6.07, 6.45) is 1.85. The van der Waals surface area contributed by atoms with Gasteiger partial charge in [-0.25, -0.2) is 4.39 Å². The van der Waals surface area contributed by atoms with Crippen molar-refractivity contribution >= 4 is 33.3 Å². The van der Waals surface area contributed by atoms with Crippen LogP contribution in [0.2, 0.25) is 0 Å². The first kappa shape index (κ1) is 14.0. The molecule has 4 nitrogen and oxygen atoms in total. The number of nitrogens with one attached hydrogen (secondary N) is 1. The largest absolute Gasteiger partial charge is 0.481 e. The highest BCUT2D eigenvalue weighted by Gasteiger charge is 2.34. The molecule has 1 fully saturated rings. The van der Waals surface area contributed by atoms with Crippen molar-refractivity contribution in [3.8, 4) is 0 Å². The van der Waals surface area contributed by atoms with E-state index >= 15 is 0 Å². The van der Waals surface area contributed by atoms with E-state index in [1.54, 1.807) is 12.1 Å². The summed E-state index contributed by atoms with van der Waals surface area (Å²) in [4.78, 5) is 23.6. The number of halogens is 1. The van der Waals surface area contributed by atoms with Gasteiger partial charge in [0.05, 0.1) is 11.3 Å². The molecule has 2 aromatic rings. The SMILES string of the molecule is O=C(O)CC(NC(=O)c1cc2cc(F)ccc2s1)C1CC1. The quantitative estimate of drug-likeness (QED) is 0.892. The summed E-state index contributed by atoms with van der Waals surface area (Å²) in [5, 5.41) is 12.4. The van der Waals surface area contributed by atoms with E-state index in [4.69, 9.17) is 5.11 Å². The fourth-order valence-electron chi connectivity index (χ4n) is 2.39. The lowest BCUT2D eigenvalue weighted by Crippen LogP contribution is -2.37. The van der Waals surface area contributed by atoms with Crippen LogP contribution in [0.25, 0.3) is 10.1 Å². The maximum Gasteiger partial charge on any atom is 0.305 e. The van der Waals surface area contributed by atoms with Crippen molar-refractivity contribution in [3.05, 3.63) is 35.0 Å². The first-order chi connectivity index (χ1) is 10.0. The van der Waals surface area contributed by atoms with Crippen LogP contribution < -0.4 is 5.32 Å². The Labute approximate surface area is 124 Å². The number of carboxylic acid groups (broad SMARTS) is 1. The lowest BCUT2D eigenvalue weighted by molar-refractivity contribution is -0.137. The summed E-state index contributed by atoms with van der Waals surface area (Å²) in [6, 6.07) is 5.71. The number of carbonyl (C=O) groups is 2. The molecule has 0 radical (unpaired) electrons. The van der Waals surface area contributed by atoms with Gasteiger partial charge in [0, 0.05) is 10.7 Å². The fraction of sp³-hybridized carbons (Fsp3) is 0.333. The number of hydrogen-bond acceptors (Lipinski definition) is 3. The highest BCUT2D eigenvalue weighted by Crippen LogP contribution is 2.34. The molecule has 1 heterocycles. The monoisotopic (exact) mass is 307 g/mol. The first-order valence-electron chi connectivity index (χ1n) is 6.74. The van der Waals surface area contributed by atoms with E-state index in [2.05, 4.69) is 5.32 Å². The van der Waals surface area contributed by atoms with E-state index in [1.807, 2.05) is 0 Å². The molecule has 0 aliphatic heterocycles. The van der Waals surface area contributed by atoms with Crippen LogP contribution in [-0.4, -0.2) is 23.0 Å². The lowest BCUT2D eigenvalue weighted by atomic mass is 10.1. The molecule has 1 unspecified atom stereocenters. The lowest BCUT2D eigenvalue weighted by Gasteiger charge is -2.15. The first-order valence-corrected chi connectivity index (χ1v) is 7.56. The van der Waals surface area contributed by atoms with E-state index < -0.39 is 5.97 Å². The van der Waals surface area contributed by atoms with Crippen molar-refractivity contribution in [2.45, 2.75) is 25.3 Å². The van der Waals surface area contributed by atoms with Gasteiger partial charge in [-0.2, -0.15) is 0 Å². The number of amides is 1. The van der Waals surface area contributed by atoms with E-state index in [0.29, 0.717) is 10.3 Å². The average Bonchev–Trinajstić information content (AvgIpc) is 3.17. The summed E-state index contributed by atoms with van der Waals surface area (Å²) in [7, 11) is 0. The molecule has 3 rings (SSSR count). The fourth-order valence-corrected chi connectivity index (χ4v) is 3.33. The van der Waals surface area contributed by atoms with Gasteiger partial charge >= 0.3 is 5.97 Å². The van der Waals surface area contributed by atoms with Crippen LogP contribution in [0.15, 0.2) is 24.3 Å². The normalized spacial score (nSPS) is 15.9. The van der Waals surface area contributed by atoms with Crippen molar-refractivity contribution in [3.63, 3.8) is 0 Å². The third kappa shape index (κ3) is 3.21. The van der Waals surface area contributed by atoms with Gasteiger partial charge in [-0.05, 0) is 48.4 Å². The summed E-state index contributed by atoms with van der Waals surface area (Å²) in [6.45, 7) is 0. The molecule has 110 valence electrons. The van der Waals surface area contributed by atoms with Crippen LogP contribution in [0.4, 0.5) is 4.39 Å². The summed E-state index contributed by atoms with van der Waals surface area (Å²) < 4.78 is 14.0. The Morgan fingerprint density at radius 1 is 1.38 bits per heavy atom. The maximum absolute atomic E-state index is 13.2. The minimum absolute atomic E-state index is 0.0596. The zero-order chi connectivity index (χ0) is 15.0. The Morgan fingerprint density at radius 3 is 2.81 bits per heavy atom. The molecule has 0 saturated heterocycles. The van der Waals surface area contributed by atoms with Gasteiger partial charge in [0.1, 0.15) is 5.82 Å². The van der Waals surface area contributed by atoms with Gasteiger partial charge in [0.15, 0.2) is 0 Å². The molecule has 0 spiro atoms. The topological polar surface area (TPSA) is 66.4 Å². The number of thiophene rings is 1. The molecule has 21 heavy (non-hydrogen) atoms. The van der Waals surface area contributed by atoms with Crippen LogP contribution in [0, 0.1) is 11.7 Å². The van der Waals surface area contributed by atoms with E-state index in [1.165, 1.54) is 23.5 Å². The van der Waals surface area contributed by atoms with Crippen LogP contribution in [0.1, 0.15) is 28.9 Å². The predicted octanol–water partition coefficient (Wildman–Crippen LogP) is 3.02. The molecule has 1 aromatic carbocycles. The Kier molecular flexibility index (Phi) is 3.63. The molecule has 1 amide bonds. The number of carboxylic acids is 1. The van der Waals surface area contributed by atoms with Gasteiger partial charge in [0.25, 0.3) is 5.91 Å². The van der Waals surface area contributed by atoms with E-state index in [0.717, 1.165) is 17.5 Å². The zero-order valence-corrected chi connectivity index (χ0v) is 12.0. The average molecular weight is 307 g/mol. The minimum atomic E-state index is -0.911. The number of benzene rings is 1. The molecule has 1 saturated carbocycles. The molecular formula is C15H14FNO3S. The third-order valence-corrected chi connectivity index (χ3v) is 4.72. The minimum Gasteiger partial charge on any atom is -0.481 e. The van der Waals surface area contributed by atoms with Crippen molar-refractivity contribution in [2.75, 3.05) is 0 Å². The number of fused-ring (bicyclic) bond motifs is 1. The highest BCUT2D eigenvalue weighted by atomic mass is 32.1. The van der Waals surface area contributed by atoms with Crippen LogP contribution >= 0.6 is 11.3 Å². The Hall–Kier alpha value is -1.95. The van der Waals surface area contributed by atoms with Crippen LogP contribution in [0.5, 0.6) is 0 Å². The van der Waals surface area contributed by atoms with Crippen molar-refractivity contribution in [1.82, 2.24) is 5.32 Å². The van der Waals surface area contributed by atoms with Crippen molar-refractivity contribution in [1.29, 1.82) is 0 Å². The Bertz CT molecular complexity index is 708. The molecular weight excluding hydrogens is 293 g/mol. The highest BCUT2D eigenvalue weighted by molar-refractivity contribution is 7.20. The molecule has 0 bridgehead atoms. The Morgan fingerprint density at radius 2 is 2.14 bits per heavy atom. The van der Waals surface area contributed by atoms with Crippen molar-refractivity contribution < 1.29 is 19.1 Å². The molecule has 1 aromatic heterocycles. The van der Waals surface area contributed by atoms with Gasteiger partial charge < -0.3 is 10.4 Å². The maximum atomic E-state index is 13.2. The molecule has 1 aliphatic rings. The molecule has 2 N–H and O–H groups in total. The van der Waals surface area contributed by atoms with Gasteiger partial charge in [-0.3, -0.25) is 9.59 Å². The standard InChI is InChI=1S/C15H14FNO3S/c16-10-3-4-12-9(5-10)6-13(21-12)15(20)17-11(7-14(18)19)8-1-2-8/h3-6,8,11H,1-2,7H2,(H,17,20)(H,18,19). The van der Waals surface area contributed by atoms with E-state index in [9.17, 15) is 14.0 Å². The van der Waals surface area contributed by atoms with Crippen molar-refractivity contribution in [2.24, 2.45) is 5.92 Å². The second kappa shape index (κ2) is 5.44. The molecule has 6 heteroatoms. The number of aliphatic carboxylic acids is 1. The predicted molar refractivity (Wildman–Crippen MR) is 78.0 cm³/mol. The van der Waals surface area contributed by atoms with Gasteiger partial charge in [-0.1, -0.05) is 0 Å². The van der Waals surface area contributed by atoms with E-state index in [-0.39, 0.29) is 30.1 Å². The second-order valence-corrected chi connectivity index (χ2v) is 6.39. The smallest absolute Gasteiger partial charge is 0.305 e. The van der Waals surface area contributed by atoms with Gasteiger partial charge in [0.2, 0.25) is 0 Å². The third-order valence-electron chi connectivity index (χ3n) is 3.60.